The smallest absolute Gasteiger partial charge is 0.240 e. The number of amidine groups is 1. The van der Waals surface area contributed by atoms with E-state index in [1.54, 1.807) is 24.3 Å². The lowest BCUT2D eigenvalue weighted by molar-refractivity contribution is -0.122. The van der Waals surface area contributed by atoms with Gasteiger partial charge >= 0.3 is 0 Å². The number of carbonyl (C=O) groups is 2. The monoisotopic (exact) mass is 349 g/mol. The van der Waals surface area contributed by atoms with Gasteiger partial charge in [-0.25, -0.2) is 0 Å². The van der Waals surface area contributed by atoms with Crippen molar-refractivity contribution in [3.63, 3.8) is 0 Å². The van der Waals surface area contributed by atoms with E-state index in [1.807, 2.05) is 0 Å². The minimum atomic E-state index is -0.492. The summed E-state index contributed by atoms with van der Waals surface area (Å²) in [6, 6.07) is 5.07. The number of benzene rings is 1. The third-order valence-corrected chi connectivity index (χ3v) is 4.30. The Bertz CT molecular complexity index is 675. The molecular weight excluding hydrogens is 330 g/mol. The fourth-order valence-electron chi connectivity index (χ4n) is 2.06. The number of methoxy groups -OCH3 is 2. The van der Waals surface area contributed by atoms with Crippen LogP contribution in [0.25, 0.3) is 0 Å². The second kappa shape index (κ2) is 8.39. The van der Waals surface area contributed by atoms with Gasteiger partial charge in [0, 0.05) is 18.2 Å². The Hall–Kier alpha value is -2.48. The summed E-state index contributed by atoms with van der Waals surface area (Å²) in [5.74, 6) is 0.608. The van der Waals surface area contributed by atoms with E-state index in [2.05, 4.69) is 22.2 Å². The molecule has 1 heterocycles. The number of nitrogens with one attached hydrogen (secondary N) is 2. The SMILES string of the molecule is C=CCN=C1NC(=O)C(CC(=O)Nc2ccc(OC)c(OC)c2)S1. The number of aliphatic imine (C=N–C) groups is 1. The number of amides is 2. The molecule has 0 saturated carbocycles. The first-order valence-corrected chi connectivity index (χ1v) is 8.10. The quantitative estimate of drug-likeness (QED) is 0.733. The summed E-state index contributed by atoms with van der Waals surface area (Å²) in [6.07, 6.45) is 1.69. The standard InChI is InChI=1S/C16H19N3O4S/c1-4-7-17-16-19-15(21)13(24-16)9-14(20)18-10-5-6-11(22-2)12(8-10)23-3/h4-6,8,13H,1,7,9H2,2-3H3,(H,18,20)(H,17,19,21). The van der Waals surface area contributed by atoms with Crippen LogP contribution in [0.1, 0.15) is 6.42 Å². The van der Waals surface area contributed by atoms with Gasteiger partial charge < -0.3 is 20.1 Å². The topological polar surface area (TPSA) is 89.0 Å². The molecule has 1 aromatic rings. The molecule has 1 aliphatic heterocycles. The molecule has 2 amide bonds. The van der Waals surface area contributed by atoms with Crippen LogP contribution < -0.4 is 20.1 Å². The van der Waals surface area contributed by atoms with Crippen LogP contribution in [0, 0.1) is 0 Å². The van der Waals surface area contributed by atoms with Crippen molar-refractivity contribution in [3.8, 4) is 11.5 Å². The third-order valence-electron chi connectivity index (χ3n) is 3.18. The van der Waals surface area contributed by atoms with Crippen molar-refractivity contribution >= 4 is 34.4 Å². The van der Waals surface area contributed by atoms with Gasteiger partial charge in [-0.3, -0.25) is 14.6 Å². The number of thioether (sulfide) groups is 1. The fraction of sp³-hybridized carbons (Fsp3) is 0.312. The van der Waals surface area contributed by atoms with Crippen LogP contribution in [-0.4, -0.2) is 43.0 Å². The van der Waals surface area contributed by atoms with Crippen LogP contribution in [0.2, 0.25) is 0 Å². The minimum absolute atomic E-state index is 0.0535. The average Bonchev–Trinajstić information content (AvgIpc) is 2.92. The Kier molecular flexibility index (Phi) is 6.25. The van der Waals surface area contributed by atoms with E-state index in [9.17, 15) is 9.59 Å². The second-order valence-corrected chi connectivity index (χ2v) is 6.04. The molecule has 1 atom stereocenters. The van der Waals surface area contributed by atoms with Crippen LogP contribution >= 0.6 is 11.8 Å². The van der Waals surface area contributed by atoms with Crippen LogP contribution in [0.4, 0.5) is 5.69 Å². The van der Waals surface area contributed by atoms with Crippen LogP contribution in [-0.2, 0) is 9.59 Å². The largest absolute Gasteiger partial charge is 0.493 e. The first-order chi connectivity index (χ1) is 11.6. The van der Waals surface area contributed by atoms with Gasteiger partial charge in [0.1, 0.15) is 5.25 Å². The lowest BCUT2D eigenvalue weighted by atomic mass is 10.2. The summed E-state index contributed by atoms with van der Waals surface area (Å²) < 4.78 is 10.3. The van der Waals surface area contributed by atoms with Gasteiger partial charge in [0.25, 0.3) is 0 Å². The molecule has 2 N–H and O–H groups in total. The molecule has 0 aliphatic carbocycles. The number of hydrogen-bond acceptors (Lipinski definition) is 6. The molecule has 1 saturated heterocycles. The third kappa shape index (κ3) is 4.51. The Morgan fingerprint density at radius 2 is 2.17 bits per heavy atom. The summed E-state index contributed by atoms with van der Waals surface area (Å²) in [5, 5.41) is 5.43. The van der Waals surface area contributed by atoms with Gasteiger partial charge in [0.2, 0.25) is 11.8 Å². The lowest BCUT2D eigenvalue weighted by Crippen LogP contribution is -2.28. The van der Waals surface area contributed by atoms with Crippen molar-refractivity contribution in [3.05, 3.63) is 30.9 Å². The average molecular weight is 349 g/mol. The van der Waals surface area contributed by atoms with Gasteiger partial charge in [-0.15, -0.1) is 6.58 Å². The zero-order chi connectivity index (χ0) is 17.5. The maximum Gasteiger partial charge on any atom is 0.240 e. The summed E-state index contributed by atoms with van der Waals surface area (Å²) in [6.45, 7) is 3.99. The molecule has 0 radical (unpaired) electrons. The number of rotatable bonds is 7. The molecule has 1 aliphatic rings. The van der Waals surface area contributed by atoms with E-state index in [0.29, 0.717) is 28.9 Å². The second-order valence-electron chi connectivity index (χ2n) is 4.85. The van der Waals surface area contributed by atoms with E-state index < -0.39 is 5.25 Å². The van der Waals surface area contributed by atoms with E-state index in [1.165, 1.54) is 26.0 Å². The van der Waals surface area contributed by atoms with Gasteiger partial charge in [-0.2, -0.15) is 0 Å². The molecule has 0 aromatic heterocycles. The Morgan fingerprint density at radius 1 is 1.42 bits per heavy atom. The van der Waals surface area contributed by atoms with Gasteiger partial charge in [0.15, 0.2) is 16.7 Å². The maximum atomic E-state index is 12.2. The normalized spacial score (nSPS) is 18.2. The van der Waals surface area contributed by atoms with Crippen molar-refractivity contribution in [2.45, 2.75) is 11.7 Å². The molecule has 0 spiro atoms. The highest BCUT2D eigenvalue weighted by atomic mass is 32.2. The predicted octanol–water partition coefficient (Wildman–Crippen LogP) is 1.81. The van der Waals surface area contributed by atoms with Crippen LogP contribution in [0.3, 0.4) is 0 Å². The minimum Gasteiger partial charge on any atom is -0.493 e. The molecule has 1 aromatic carbocycles. The number of anilines is 1. The number of nitrogens with zero attached hydrogens (tertiary/aromatic N) is 1. The van der Waals surface area contributed by atoms with E-state index >= 15 is 0 Å². The summed E-state index contributed by atoms with van der Waals surface area (Å²) in [4.78, 5) is 28.2. The van der Waals surface area contributed by atoms with Crippen molar-refractivity contribution < 1.29 is 19.1 Å². The first-order valence-electron chi connectivity index (χ1n) is 7.22. The molecule has 2 rings (SSSR count). The number of hydrogen-bond donors (Lipinski definition) is 2. The molecule has 1 unspecified atom stereocenters. The highest BCUT2D eigenvalue weighted by Crippen LogP contribution is 2.30. The van der Waals surface area contributed by atoms with E-state index in [-0.39, 0.29) is 18.2 Å². The number of ether oxygens (including phenoxy) is 2. The lowest BCUT2D eigenvalue weighted by Gasteiger charge is -2.11. The summed E-state index contributed by atoms with van der Waals surface area (Å²) in [7, 11) is 3.06. The molecular formula is C16H19N3O4S. The fourth-order valence-corrected chi connectivity index (χ4v) is 3.04. The zero-order valence-electron chi connectivity index (χ0n) is 13.5. The van der Waals surface area contributed by atoms with Crippen molar-refractivity contribution in [1.82, 2.24) is 5.32 Å². The van der Waals surface area contributed by atoms with Gasteiger partial charge in [0.05, 0.1) is 20.8 Å². The molecule has 8 heteroatoms. The van der Waals surface area contributed by atoms with Crippen molar-refractivity contribution in [2.75, 3.05) is 26.1 Å². The maximum absolute atomic E-state index is 12.2. The predicted molar refractivity (Wildman–Crippen MR) is 94.8 cm³/mol. The molecule has 1 fully saturated rings. The summed E-state index contributed by atoms with van der Waals surface area (Å²) >= 11 is 1.25. The van der Waals surface area contributed by atoms with Gasteiger partial charge in [-0.1, -0.05) is 17.8 Å². The van der Waals surface area contributed by atoms with E-state index in [0.717, 1.165) is 0 Å². The van der Waals surface area contributed by atoms with E-state index in [4.69, 9.17) is 9.47 Å². The molecule has 7 nitrogen and oxygen atoms in total. The van der Waals surface area contributed by atoms with Gasteiger partial charge in [-0.05, 0) is 12.1 Å². The van der Waals surface area contributed by atoms with Crippen LogP contribution in [0.5, 0.6) is 11.5 Å². The highest BCUT2D eigenvalue weighted by molar-refractivity contribution is 8.15. The van der Waals surface area contributed by atoms with Crippen molar-refractivity contribution in [1.29, 1.82) is 0 Å². The zero-order valence-corrected chi connectivity index (χ0v) is 14.3. The number of carbonyl (C=O) groups excluding carboxylic acids is 2. The van der Waals surface area contributed by atoms with Crippen molar-refractivity contribution in [2.24, 2.45) is 4.99 Å². The van der Waals surface area contributed by atoms with Crippen LogP contribution in [0.15, 0.2) is 35.8 Å². The first kappa shape index (κ1) is 17.9. The highest BCUT2D eigenvalue weighted by Gasteiger charge is 2.31. The Morgan fingerprint density at radius 3 is 2.83 bits per heavy atom. The Balaban J connectivity index is 1.96. The molecule has 24 heavy (non-hydrogen) atoms. The Labute approximate surface area is 144 Å². The molecule has 128 valence electrons. The summed E-state index contributed by atoms with van der Waals surface area (Å²) in [5.41, 5.74) is 0.571. The molecule has 0 bridgehead atoms.